The predicted octanol–water partition coefficient (Wildman–Crippen LogP) is 3.71. The highest BCUT2D eigenvalue weighted by Gasteiger charge is 2.17. The minimum atomic E-state index is -0.489. The zero-order valence-corrected chi connectivity index (χ0v) is 17.0. The Kier molecular flexibility index (Phi) is 7.69. The summed E-state index contributed by atoms with van der Waals surface area (Å²) in [5.41, 5.74) is 1.10. The number of benzene rings is 2. The zero-order valence-electron chi connectivity index (χ0n) is 16.2. The molecule has 7 nitrogen and oxygen atoms in total. The van der Waals surface area contributed by atoms with Crippen molar-refractivity contribution in [1.29, 1.82) is 0 Å². The molecule has 1 aromatic heterocycles. The first-order valence-electron chi connectivity index (χ1n) is 8.75. The molecule has 154 valence electrons. The Morgan fingerprint density at radius 2 is 1.97 bits per heavy atom. The van der Waals surface area contributed by atoms with Crippen molar-refractivity contribution < 1.29 is 18.4 Å². The van der Waals surface area contributed by atoms with Gasteiger partial charge in [-0.25, -0.2) is 4.39 Å². The van der Waals surface area contributed by atoms with E-state index in [-0.39, 0.29) is 30.0 Å². The molecule has 0 fully saturated rings. The number of nitrogens with zero attached hydrogens (tertiary/aromatic N) is 2. The summed E-state index contributed by atoms with van der Waals surface area (Å²) in [6.45, 7) is 1.99. The summed E-state index contributed by atoms with van der Waals surface area (Å²) in [5.74, 6) is 0.490. The van der Waals surface area contributed by atoms with Crippen LogP contribution in [0, 0.1) is 5.82 Å². The summed E-state index contributed by atoms with van der Waals surface area (Å²) in [5, 5.41) is 9.76. The Balaban J connectivity index is 0.00000300. The fourth-order valence-electron chi connectivity index (χ4n) is 2.57. The number of hydrogen-bond donors (Lipinski definition) is 2. The molecule has 1 unspecified atom stereocenters. The van der Waals surface area contributed by atoms with E-state index in [1.165, 1.54) is 18.2 Å². The van der Waals surface area contributed by atoms with E-state index in [0.29, 0.717) is 29.1 Å². The number of hydrogen-bond acceptors (Lipinski definition) is 6. The number of halogens is 2. The fraction of sp³-hybridized carbons (Fsp3) is 0.250. The first-order chi connectivity index (χ1) is 13.5. The van der Waals surface area contributed by atoms with Gasteiger partial charge in [0.15, 0.2) is 5.82 Å². The average Bonchev–Trinajstić information content (AvgIpc) is 3.16. The molecule has 1 amide bonds. The van der Waals surface area contributed by atoms with E-state index in [9.17, 15) is 9.18 Å². The van der Waals surface area contributed by atoms with Crippen LogP contribution in [-0.4, -0.2) is 36.2 Å². The molecular formula is C20H22ClFN4O3. The van der Waals surface area contributed by atoms with Gasteiger partial charge in [-0.3, -0.25) is 4.79 Å². The van der Waals surface area contributed by atoms with E-state index in [1.807, 2.05) is 14.0 Å². The summed E-state index contributed by atoms with van der Waals surface area (Å²) in [4.78, 5) is 16.9. The number of carbonyl (C=O) groups excluding carboxylic acids is 1. The van der Waals surface area contributed by atoms with Crippen LogP contribution in [0.1, 0.15) is 23.1 Å². The molecule has 9 heteroatoms. The van der Waals surface area contributed by atoms with E-state index in [0.717, 1.165) is 0 Å². The van der Waals surface area contributed by atoms with E-state index in [4.69, 9.17) is 9.26 Å². The molecule has 1 atom stereocenters. The second-order valence-corrected chi connectivity index (χ2v) is 6.28. The average molecular weight is 421 g/mol. The molecule has 0 aliphatic rings. The third-order valence-electron chi connectivity index (χ3n) is 4.26. The molecule has 0 bridgehead atoms. The van der Waals surface area contributed by atoms with Gasteiger partial charge in [0.25, 0.3) is 11.8 Å². The SMILES string of the molecule is CNC(C)Cc1noc(-c2ccc(F)cc2NC(=O)c2ccc(OC)cc2)n1.Cl. The number of aromatic nitrogens is 2. The summed E-state index contributed by atoms with van der Waals surface area (Å²) < 4.78 is 24.2. The predicted molar refractivity (Wildman–Crippen MR) is 110 cm³/mol. The van der Waals surface area contributed by atoms with Gasteiger partial charge in [-0.1, -0.05) is 5.16 Å². The number of nitrogens with one attached hydrogen (secondary N) is 2. The number of likely N-dealkylation sites (N-methyl/N-ethyl adjacent to an activating group) is 1. The molecule has 2 aromatic carbocycles. The second kappa shape index (κ2) is 9.99. The van der Waals surface area contributed by atoms with E-state index < -0.39 is 11.7 Å². The van der Waals surface area contributed by atoms with Gasteiger partial charge in [-0.05, 0) is 56.4 Å². The van der Waals surface area contributed by atoms with Gasteiger partial charge in [0.2, 0.25) is 0 Å². The van der Waals surface area contributed by atoms with Crippen molar-refractivity contribution in [1.82, 2.24) is 15.5 Å². The van der Waals surface area contributed by atoms with Crippen molar-refractivity contribution in [2.45, 2.75) is 19.4 Å². The van der Waals surface area contributed by atoms with Gasteiger partial charge in [-0.2, -0.15) is 4.98 Å². The second-order valence-electron chi connectivity index (χ2n) is 6.28. The Labute approximate surface area is 174 Å². The Hall–Kier alpha value is -2.97. The zero-order chi connectivity index (χ0) is 20.1. The van der Waals surface area contributed by atoms with Gasteiger partial charge in [0, 0.05) is 18.0 Å². The quantitative estimate of drug-likeness (QED) is 0.605. The summed E-state index contributed by atoms with van der Waals surface area (Å²) >= 11 is 0. The van der Waals surface area contributed by atoms with Crippen LogP contribution in [0.15, 0.2) is 47.0 Å². The van der Waals surface area contributed by atoms with Crippen LogP contribution in [0.5, 0.6) is 5.75 Å². The minimum absolute atomic E-state index is 0. The van der Waals surface area contributed by atoms with E-state index in [1.54, 1.807) is 31.4 Å². The van der Waals surface area contributed by atoms with Crippen molar-refractivity contribution in [2.24, 2.45) is 0 Å². The van der Waals surface area contributed by atoms with Gasteiger partial charge < -0.3 is 19.9 Å². The maximum Gasteiger partial charge on any atom is 0.260 e. The standard InChI is InChI=1S/C20H21FN4O3.ClH/c1-12(22-2)10-18-24-20(28-25-18)16-9-6-14(21)11-17(16)23-19(26)13-4-7-15(27-3)8-5-13;/h4-9,11-12,22H,10H2,1-3H3,(H,23,26);1H. The Bertz CT molecular complexity index is 963. The lowest BCUT2D eigenvalue weighted by molar-refractivity contribution is 0.102. The van der Waals surface area contributed by atoms with E-state index in [2.05, 4.69) is 20.8 Å². The van der Waals surface area contributed by atoms with Crippen molar-refractivity contribution in [3.8, 4) is 17.2 Å². The van der Waals surface area contributed by atoms with Crippen LogP contribution >= 0.6 is 12.4 Å². The monoisotopic (exact) mass is 420 g/mol. The van der Waals surface area contributed by atoms with Crippen LogP contribution < -0.4 is 15.4 Å². The summed E-state index contributed by atoms with van der Waals surface area (Å²) in [7, 11) is 3.39. The molecule has 0 saturated carbocycles. The molecule has 29 heavy (non-hydrogen) atoms. The molecule has 3 rings (SSSR count). The first-order valence-corrected chi connectivity index (χ1v) is 8.75. The normalized spacial score (nSPS) is 11.4. The molecule has 0 aliphatic heterocycles. The van der Waals surface area contributed by atoms with Crippen molar-refractivity contribution in [2.75, 3.05) is 19.5 Å². The van der Waals surface area contributed by atoms with Gasteiger partial charge >= 0.3 is 0 Å². The minimum Gasteiger partial charge on any atom is -0.497 e. The number of amides is 1. The molecule has 0 aliphatic carbocycles. The molecule has 2 N–H and O–H groups in total. The number of carbonyl (C=O) groups is 1. The van der Waals surface area contributed by atoms with Crippen molar-refractivity contribution in [3.05, 3.63) is 59.7 Å². The van der Waals surface area contributed by atoms with Crippen LogP contribution in [0.4, 0.5) is 10.1 Å². The molecule has 1 heterocycles. The highest BCUT2D eigenvalue weighted by atomic mass is 35.5. The lowest BCUT2D eigenvalue weighted by Gasteiger charge is -2.09. The van der Waals surface area contributed by atoms with Crippen LogP contribution in [-0.2, 0) is 6.42 Å². The van der Waals surface area contributed by atoms with Gasteiger partial charge in [0.1, 0.15) is 11.6 Å². The number of anilines is 1. The molecule has 3 aromatic rings. The van der Waals surface area contributed by atoms with E-state index >= 15 is 0 Å². The maximum absolute atomic E-state index is 13.8. The topological polar surface area (TPSA) is 89.3 Å². The van der Waals surface area contributed by atoms with Crippen LogP contribution in [0.2, 0.25) is 0 Å². The third kappa shape index (κ3) is 5.52. The number of ether oxygens (including phenoxy) is 1. The highest BCUT2D eigenvalue weighted by molar-refractivity contribution is 6.06. The number of methoxy groups -OCH3 is 1. The first kappa shape index (κ1) is 22.3. The lowest BCUT2D eigenvalue weighted by atomic mass is 10.1. The van der Waals surface area contributed by atoms with Crippen LogP contribution in [0.3, 0.4) is 0 Å². The van der Waals surface area contributed by atoms with Gasteiger partial charge in [-0.15, -0.1) is 12.4 Å². The van der Waals surface area contributed by atoms with Crippen molar-refractivity contribution in [3.63, 3.8) is 0 Å². The largest absolute Gasteiger partial charge is 0.497 e. The highest BCUT2D eigenvalue weighted by Crippen LogP contribution is 2.28. The van der Waals surface area contributed by atoms with Gasteiger partial charge in [0.05, 0.1) is 18.4 Å². The smallest absolute Gasteiger partial charge is 0.260 e. The number of rotatable bonds is 7. The van der Waals surface area contributed by atoms with Crippen molar-refractivity contribution >= 4 is 24.0 Å². The molecule has 0 saturated heterocycles. The lowest BCUT2D eigenvalue weighted by Crippen LogP contribution is -2.24. The molecular weight excluding hydrogens is 399 g/mol. The summed E-state index contributed by atoms with van der Waals surface area (Å²) in [6.07, 6.45) is 0.578. The Morgan fingerprint density at radius 1 is 1.24 bits per heavy atom. The third-order valence-corrected chi connectivity index (χ3v) is 4.26. The molecule has 0 radical (unpaired) electrons. The maximum atomic E-state index is 13.8. The fourth-order valence-corrected chi connectivity index (χ4v) is 2.57. The summed E-state index contributed by atoms with van der Waals surface area (Å²) in [6, 6.07) is 10.8. The molecule has 0 spiro atoms. The van der Waals surface area contributed by atoms with Crippen LogP contribution in [0.25, 0.3) is 11.5 Å². The Morgan fingerprint density at radius 3 is 2.62 bits per heavy atom.